The fourth-order valence-corrected chi connectivity index (χ4v) is 4.73. The van der Waals surface area contributed by atoms with Crippen LogP contribution in [0.1, 0.15) is 46.0 Å². The van der Waals surface area contributed by atoms with E-state index in [0.717, 1.165) is 32.1 Å². The van der Waals surface area contributed by atoms with Gasteiger partial charge in [0.1, 0.15) is 10.6 Å². The Kier molecular flexibility index (Phi) is 6.84. The highest BCUT2D eigenvalue weighted by Gasteiger charge is 2.29. The van der Waals surface area contributed by atoms with Gasteiger partial charge in [0.2, 0.25) is 15.9 Å². The topological polar surface area (TPSA) is 75.7 Å². The summed E-state index contributed by atoms with van der Waals surface area (Å²) >= 11 is 0. The van der Waals surface area contributed by atoms with Crippen LogP contribution in [0.5, 0.6) is 5.75 Å². The lowest BCUT2D eigenvalue weighted by atomic mass is 10.1. The Labute approximate surface area is 150 Å². The van der Waals surface area contributed by atoms with Gasteiger partial charge in [0, 0.05) is 24.7 Å². The molecule has 0 aliphatic carbocycles. The second-order valence-corrected chi connectivity index (χ2v) is 8.42. The van der Waals surface area contributed by atoms with Crippen molar-refractivity contribution >= 4 is 21.6 Å². The van der Waals surface area contributed by atoms with Crippen molar-refractivity contribution in [2.45, 2.75) is 50.8 Å². The molecule has 1 aromatic carbocycles. The van der Waals surface area contributed by atoms with Crippen molar-refractivity contribution in [1.82, 2.24) is 4.31 Å². The number of carbonyl (C=O) groups excluding carboxylic acids is 1. The lowest BCUT2D eigenvalue weighted by Gasteiger charge is -2.26. The molecule has 140 valence electrons. The van der Waals surface area contributed by atoms with Crippen LogP contribution in [0.4, 0.5) is 5.69 Å². The van der Waals surface area contributed by atoms with Crippen molar-refractivity contribution in [3.63, 3.8) is 0 Å². The largest absolute Gasteiger partial charge is 0.495 e. The van der Waals surface area contributed by atoms with Crippen LogP contribution in [-0.2, 0) is 14.8 Å². The third-order valence-corrected chi connectivity index (χ3v) is 6.45. The molecule has 0 spiro atoms. The van der Waals surface area contributed by atoms with Gasteiger partial charge in [-0.1, -0.05) is 26.7 Å². The van der Waals surface area contributed by atoms with Gasteiger partial charge in [0.15, 0.2) is 0 Å². The highest BCUT2D eigenvalue weighted by Crippen LogP contribution is 2.31. The monoisotopic (exact) mass is 368 g/mol. The highest BCUT2D eigenvalue weighted by atomic mass is 32.2. The standard InChI is InChI=1S/C18H28N2O4S/c1-4-8-14(2)18(21)19-15-9-10-16(24-3)17(13-15)25(22,23)20-11-6-5-7-12-20/h9-10,13-14H,4-8,11-12H2,1-3H3,(H,19,21). The number of carbonyl (C=O) groups is 1. The molecule has 1 aliphatic rings. The average Bonchev–Trinajstić information content (AvgIpc) is 2.62. The molecule has 1 atom stereocenters. The number of rotatable bonds is 7. The van der Waals surface area contributed by atoms with E-state index in [2.05, 4.69) is 5.32 Å². The summed E-state index contributed by atoms with van der Waals surface area (Å²) in [5.41, 5.74) is 0.476. The van der Waals surface area contributed by atoms with Crippen molar-refractivity contribution < 1.29 is 17.9 Å². The van der Waals surface area contributed by atoms with Gasteiger partial charge in [-0.25, -0.2) is 8.42 Å². The minimum absolute atomic E-state index is 0.103. The van der Waals surface area contributed by atoms with E-state index in [1.165, 1.54) is 17.5 Å². The summed E-state index contributed by atoms with van der Waals surface area (Å²) in [5.74, 6) is 0.0766. The maximum atomic E-state index is 13.0. The number of amides is 1. The molecule has 0 radical (unpaired) electrons. The molecule has 1 heterocycles. The van der Waals surface area contributed by atoms with Gasteiger partial charge in [-0.3, -0.25) is 4.79 Å². The van der Waals surface area contributed by atoms with E-state index in [-0.39, 0.29) is 16.7 Å². The van der Waals surface area contributed by atoms with Crippen LogP contribution < -0.4 is 10.1 Å². The molecule has 1 fully saturated rings. The molecular formula is C18H28N2O4S. The predicted molar refractivity (Wildman–Crippen MR) is 98.3 cm³/mol. The van der Waals surface area contributed by atoms with Crippen LogP contribution in [0.3, 0.4) is 0 Å². The Balaban J connectivity index is 2.29. The number of hydrogen-bond donors (Lipinski definition) is 1. The first-order chi connectivity index (χ1) is 11.9. The molecule has 1 N–H and O–H groups in total. The number of benzene rings is 1. The number of sulfonamides is 1. The Morgan fingerprint density at radius 3 is 2.56 bits per heavy atom. The van der Waals surface area contributed by atoms with E-state index >= 15 is 0 Å². The Morgan fingerprint density at radius 2 is 1.96 bits per heavy atom. The maximum absolute atomic E-state index is 13.0. The molecule has 7 heteroatoms. The van der Waals surface area contributed by atoms with E-state index in [1.807, 2.05) is 13.8 Å². The first-order valence-electron chi connectivity index (χ1n) is 8.89. The minimum atomic E-state index is -3.64. The summed E-state index contributed by atoms with van der Waals surface area (Å²) in [7, 11) is -2.19. The number of ether oxygens (including phenoxy) is 1. The lowest BCUT2D eigenvalue weighted by Crippen LogP contribution is -2.35. The summed E-state index contributed by atoms with van der Waals surface area (Å²) in [6.45, 7) is 4.94. The Hall–Kier alpha value is -1.60. The fourth-order valence-electron chi connectivity index (χ4n) is 3.03. The van der Waals surface area contributed by atoms with Gasteiger partial charge in [-0.2, -0.15) is 4.31 Å². The summed E-state index contributed by atoms with van der Waals surface area (Å²) in [5, 5.41) is 2.82. The average molecular weight is 368 g/mol. The number of anilines is 1. The molecule has 1 aliphatic heterocycles. The normalized spacial score (nSPS) is 17.1. The van der Waals surface area contributed by atoms with E-state index in [9.17, 15) is 13.2 Å². The summed E-state index contributed by atoms with van der Waals surface area (Å²) in [4.78, 5) is 12.3. The molecule has 1 saturated heterocycles. The first kappa shape index (κ1) is 19.7. The van der Waals surface area contributed by atoms with E-state index in [4.69, 9.17) is 4.74 Å². The molecule has 1 unspecified atom stereocenters. The van der Waals surface area contributed by atoms with Crippen molar-refractivity contribution in [2.24, 2.45) is 5.92 Å². The second kappa shape index (κ2) is 8.67. The lowest BCUT2D eigenvalue weighted by molar-refractivity contribution is -0.119. The molecule has 0 aromatic heterocycles. The number of nitrogens with one attached hydrogen (secondary N) is 1. The molecule has 1 amide bonds. The molecule has 25 heavy (non-hydrogen) atoms. The summed E-state index contributed by atoms with van der Waals surface area (Å²) in [6.07, 6.45) is 4.50. The van der Waals surface area contributed by atoms with Gasteiger partial charge < -0.3 is 10.1 Å². The first-order valence-corrected chi connectivity index (χ1v) is 10.3. The third kappa shape index (κ3) is 4.73. The van der Waals surface area contributed by atoms with Crippen molar-refractivity contribution in [1.29, 1.82) is 0 Å². The molecule has 1 aromatic rings. The fraction of sp³-hybridized carbons (Fsp3) is 0.611. The Morgan fingerprint density at radius 1 is 1.28 bits per heavy atom. The van der Waals surface area contributed by atoms with Crippen LogP contribution in [0.2, 0.25) is 0 Å². The van der Waals surface area contributed by atoms with Gasteiger partial charge in [0.25, 0.3) is 0 Å². The molecular weight excluding hydrogens is 340 g/mol. The van der Waals surface area contributed by atoms with Crippen molar-refractivity contribution in [3.05, 3.63) is 18.2 Å². The van der Waals surface area contributed by atoms with Gasteiger partial charge in [-0.15, -0.1) is 0 Å². The van der Waals surface area contributed by atoms with Crippen LogP contribution in [0, 0.1) is 5.92 Å². The van der Waals surface area contributed by atoms with E-state index < -0.39 is 10.0 Å². The zero-order valence-electron chi connectivity index (χ0n) is 15.2. The quantitative estimate of drug-likeness (QED) is 0.802. The van der Waals surface area contributed by atoms with Gasteiger partial charge in [0.05, 0.1) is 7.11 Å². The smallest absolute Gasteiger partial charge is 0.246 e. The summed E-state index contributed by atoms with van der Waals surface area (Å²) in [6, 6.07) is 4.76. The second-order valence-electron chi connectivity index (χ2n) is 6.51. The number of nitrogens with zero attached hydrogens (tertiary/aromatic N) is 1. The van der Waals surface area contributed by atoms with Crippen LogP contribution in [0.15, 0.2) is 23.1 Å². The highest BCUT2D eigenvalue weighted by molar-refractivity contribution is 7.89. The zero-order valence-corrected chi connectivity index (χ0v) is 16.1. The zero-order chi connectivity index (χ0) is 18.4. The molecule has 2 rings (SSSR count). The van der Waals surface area contributed by atoms with Crippen molar-refractivity contribution in [3.8, 4) is 5.75 Å². The van der Waals surface area contributed by atoms with Crippen LogP contribution in [0.25, 0.3) is 0 Å². The van der Waals surface area contributed by atoms with Crippen molar-refractivity contribution in [2.75, 3.05) is 25.5 Å². The van der Waals surface area contributed by atoms with Gasteiger partial charge >= 0.3 is 0 Å². The maximum Gasteiger partial charge on any atom is 0.246 e. The molecule has 6 nitrogen and oxygen atoms in total. The SMILES string of the molecule is CCCC(C)C(=O)Nc1ccc(OC)c(S(=O)(=O)N2CCCCC2)c1. The van der Waals surface area contributed by atoms with Gasteiger partial charge in [-0.05, 0) is 37.5 Å². The van der Waals surface area contributed by atoms with Crippen LogP contribution in [-0.4, -0.2) is 38.8 Å². The minimum Gasteiger partial charge on any atom is -0.495 e. The predicted octanol–water partition coefficient (Wildman–Crippen LogP) is 3.24. The Bertz CT molecular complexity index is 697. The summed E-state index contributed by atoms with van der Waals surface area (Å²) < 4.78 is 32.7. The molecule has 0 bridgehead atoms. The van der Waals surface area contributed by atoms with E-state index in [1.54, 1.807) is 12.1 Å². The third-order valence-electron chi connectivity index (χ3n) is 4.53. The number of methoxy groups -OCH3 is 1. The van der Waals surface area contributed by atoms with E-state index in [0.29, 0.717) is 24.5 Å². The number of piperidine rings is 1. The number of hydrogen-bond acceptors (Lipinski definition) is 4. The molecule has 0 saturated carbocycles. The van der Waals surface area contributed by atoms with Crippen LogP contribution >= 0.6 is 0 Å².